The fourth-order valence-electron chi connectivity index (χ4n) is 1.61. The van der Waals surface area contributed by atoms with Crippen LogP contribution in [0, 0.1) is 17.5 Å². The molecular formula is C15H12F3N3S. The molecule has 0 radical (unpaired) electrons. The number of hydrogen-bond donors (Lipinski definition) is 2. The lowest BCUT2D eigenvalue weighted by Crippen LogP contribution is -2.31. The maximum absolute atomic E-state index is 13.3. The van der Waals surface area contributed by atoms with Gasteiger partial charge in [-0.2, -0.15) is 5.10 Å². The molecule has 0 aliphatic heterocycles. The van der Waals surface area contributed by atoms with Gasteiger partial charge in [-0.1, -0.05) is 18.2 Å². The van der Waals surface area contributed by atoms with E-state index in [2.05, 4.69) is 15.8 Å². The molecule has 0 saturated carbocycles. The average molecular weight is 323 g/mol. The van der Waals surface area contributed by atoms with Gasteiger partial charge >= 0.3 is 0 Å². The lowest BCUT2D eigenvalue weighted by atomic mass is 10.2. The van der Waals surface area contributed by atoms with Crippen LogP contribution in [0.15, 0.2) is 47.6 Å². The SMILES string of the molecule is Fc1ccc(CNC(=S)N/N=C\c2c(F)cccc2F)cc1. The summed E-state index contributed by atoms with van der Waals surface area (Å²) in [6.45, 7) is 0.371. The van der Waals surface area contributed by atoms with E-state index in [1.165, 1.54) is 18.2 Å². The first-order valence-electron chi connectivity index (χ1n) is 6.31. The van der Waals surface area contributed by atoms with Crippen molar-refractivity contribution in [3.05, 3.63) is 71.0 Å². The number of halogens is 3. The Balaban J connectivity index is 1.85. The quantitative estimate of drug-likeness (QED) is 0.516. The summed E-state index contributed by atoms with van der Waals surface area (Å²) in [6.07, 6.45) is 1.01. The standard InChI is InChI=1S/C15H12F3N3S/c16-11-6-4-10(5-7-11)8-19-15(22)21-20-9-12-13(17)2-1-3-14(12)18/h1-7,9H,8H2,(H2,19,21,22)/b20-9-. The molecule has 7 heteroatoms. The number of nitrogens with one attached hydrogen (secondary N) is 2. The molecule has 0 spiro atoms. The third-order valence-corrected chi connectivity index (χ3v) is 2.96. The van der Waals surface area contributed by atoms with Crippen LogP contribution in [-0.2, 0) is 6.54 Å². The van der Waals surface area contributed by atoms with Crippen LogP contribution in [-0.4, -0.2) is 11.3 Å². The van der Waals surface area contributed by atoms with Gasteiger partial charge in [0.05, 0.1) is 11.8 Å². The molecule has 2 aromatic carbocycles. The molecule has 22 heavy (non-hydrogen) atoms. The van der Waals surface area contributed by atoms with Gasteiger partial charge in [-0.3, -0.25) is 5.43 Å². The van der Waals surface area contributed by atoms with Crippen molar-refractivity contribution in [1.82, 2.24) is 10.7 Å². The van der Waals surface area contributed by atoms with E-state index < -0.39 is 11.6 Å². The smallest absolute Gasteiger partial charge is 0.187 e. The minimum absolute atomic E-state index is 0.178. The maximum atomic E-state index is 13.3. The predicted molar refractivity (Wildman–Crippen MR) is 82.9 cm³/mol. The summed E-state index contributed by atoms with van der Waals surface area (Å²) in [5, 5.41) is 6.68. The third kappa shape index (κ3) is 4.56. The van der Waals surface area contributed by atoms with E-state index in [1.807, 2.05) is 0 Å². The van der Waals surface area contributed by atoms with Crippen LogP contribution in [0.1, 0.15) is 11.1 Å². The average Bonchev–Trinajstić information content (AvgIpc) is 2.50. The highest BCUT2D eigenvalue weighted by atomic mass is 32.1. The van der Waals surface area contributed by atoms with E-state index in [1.54, 1.807) is 12.1 Å². The first kappa shape index (κ1) is 16.0. The minimum atomic E-state index is -0.712. The second-order valence-electron chi connectivity index (χ2n) is 4.31. The number of thiocarbonyl (C=S) groups is 1. The van der Waals surface area contributed by atoms with Gasteiger partial charge in [-0.25, -0.2) is 13.2 Å². The Morgan fingerprint density at radius 2 is 1.68 bits per heavy atom. The van der Waals surface area contributed by atoms with Crippen molar-refractivity contribution in [3.8, 4) is 0 Å². The number of rotatable bonds is 4. The molecule has 3 nitrogen and oxygen atoms in total. The maximum Gasteiger partial charge on any atom is 0.187 e. The normalized spacial score (nSPS) is 10.7. The molecule has 114 valence electrons. The highest BCUT2D eigenvalue weighted by molar-refractivity contribution is 7.80. The minimum Gasteiger partial charge on any atom is -0.357 e. The van der Waals surface area contributed by atoms with Crippen molar-refractivity contribution in [2.75, 3.05) is 0 Å². The van der Waals surface area contributed by atoms with Crippen molar-refractivity contribution in [3.63, 3.8) is 0 Å². The summed E-state index contributed by atoms with van der Waals surface area (Å²) >= 11 is 4.96. The molecule has 2 rings (SSSR count). The molecule has 0 saturated heterocycles. The van der Waals surface area contributed by atoms with Crippen molar-refractivity contribution in [2.45, 2.75) is 6.54 Å². The van der Waals surface area contributed by atoms with Gasteiger partial charge in [0.25, 0.3) is 0 Å². The fraction of sp³-hybridized carbons (Fsp3) is 0.0667. The van der Waals surface area contributed by atoms with Crippen molar-refractivity contribution >= 4 is 23.5 Å². The second kappa shape index (κ2) is 7.56. The first-order valence-corrected chi connectivity index (χ1v) is 6.72. The second-order valence-corrected chi connectivity index (χ2v) is 4.72. The molecule has 0 aliphatic carbocycles. The Morgan fingerprint density at radius 3 is 2.32 bits per heavy atom. The highest BCUT2D eigenvalue weighted by Gasteiger charge is 2.05. The zero-order valence-electron chi connectivity index (χ0n) is 11.3. The van der Waals surface area contributed by atoms with Crippen LogP contribution >= 0.6 is 12.2 Å². The largest absolute Gasteiger partial charge is 0.357 e. The van der Waals surface area contributed by atoms with Gasteiger partial charge < -0.3 is 5.32 Å². The van der Waals surface area contributed by atoms with Gasteiger partial charge in [-0.05, 0) is 42.0 Å². The van der Waals surface area contributed by atoms with Crippen LogP contribution in [0.3, 0.4) is 0 Å². The molecule has 0 amide bonds. The summed E-state index contributed by atoms with van der Waals surface area (Å²) in [7, 11) is 0. The Hall–Kier alpha value is -2.41. The van der Waals surface area contributed by atoms with Gasteiger partial charge in [0.15, 0.2) is 5.11 Å². The lowest BCUT2D eigenvalue weighted by molar-refractivity contribution is 0.580. The number of nitrogens with zero attached hydrogens (tertiary/aromatic N) is 1. The molecule has 0 bridgehead atoms. The molecule has 0 atom stereocenters. The van der Waals surface area contributed by atoms with Gasteiger partial charge in [-0.15, -0.1) is 0 Å². The summed E-state index contributed by atoms with van der Waals surface area (Å²) in [4.78, 5) is 0. The zero-order valence-corrected chi connectivity index (χ0v) is 12.1. The Kier molecular flexibility index (Phi) is 5.48. The van der Waals surface area contributed by atoms with E-state index in [9.17, 15) is 13.2 Å². The third-order valence-electron chi connectivity index (χ3n) is 2.73. The molecule has 2 aromatic rings. The van der Waals surface area contributed by atoms with Gasteiger partial charge in [0.2, 0.25) is 0 Å². The van der Waals surface area contributed by atoms with Crippen molar-refractivity contribution in [2.24, 2.45) is 5.10 Å². The highest BCUT2D eigenvalue weighted by Crippen LogP contribution is 2.08. The topological polar surface area (TPSA) is 36.4 Å². The Labute approximate surface area is 130 Å². The van der Waals surface area contributed by atoms with Crippen molar-refractivity contribution < 1.29 is 13.2 Å². The number of hydrogen-bond acceptors (Lipinski definition) is 2. The predicted octanol–water partition coefficient (Wildman–Crippen LogP) is 3.10. The monoisotopic (exact) mass is 323 g/mol. The van der Waals surface area contributed by atoms with E-state index in [4.69, 9.17) is 12.2 Å². The molecule has 0 aromatic heterocycles. The van der Waals surface area contributed by atoms with Gasteiger partial charge in [0.1, 0.15) is 17.5 Å². The van der Waals surface area contributed by atoms with E-state index >= 15 is 0 Å². The van der Waals surface area contributed by atoms with E-state index in [0.29, 0.717) is 6.54 Å². The molecule has 2 N–H and O–H groups in total. The van der Waals surface area contributed by atoms with Crippen LogP contribution in [0.4, 0.5) is 13.2 Å². The Morgan fingerprint density at radius 1 is 1.05 bits per heavy atom. The Bertz CT molecular complexity index is 667. The van der Waals surface area contributed by atoms with Crippen molar-refractivity contribution in [1.29, 1.82) is 0 Å². The summed E-state index contributed by atoms with van der Waals surface area (Å²) in [5.74, 6) is -1.74. The first-order chi connectivity index (χ1) is 10.6. The summed E-state index contributed by atoms with van der Waals surface area (Å²) < 4.78 is 39.4. The van der Waals surface area contributed by atoms with Crippen LogP contribution in [0.2, 0.25) is 0 Å². The fourth-order valence-corrected chi connectivity index (χ4v) is 1.74. The molecular weight excluding hydrogens is 311 g/mol. The van der Waals surface area contributed by atoms with E-state index in [-0.39, 0.29) is 16.5 Å². The van der Waals surface area contributed by atoms with Gasteiger partial charge in [0, 0.05) is 6.54 Å². The zero-order chi connectivity index (χ0) is 15.9. The van der Waals surface area contributed by atoms with Crippen LogP contribution in [0.5, 0.6) is 0 Å². The molecule has 0 heterocycles. The lowest BCUT2D eigenvalue weighted by Gasteiger charge is -2.07. The van der Waals surface area contributed by atoms with E-state index in [0.717, 1.165) is 23.9 Å². The molecule has 0 unspecified atom stereocenters. The van der Waals surface area contributed by atoms with Crippen LogP contribution in [0.25, 0.3) is 0 Å². The molecule has 0 fully saturated rings. The number of hydrazone groups is 1. The molecule has 0 aliphatic rings. The summed E-state index contributed by atoms with van der Waals surface area (Å²) in [6, 6.07) is 9.44. The summed E-state index contributed by atoms with van der Waals surface area (Å²) in [5.41, 5.74) is 3.02. The van der Waals surface area contributed by atoms with Crippen LogP contribution < -0.4 is 10.7 Å². The number of benzene rings is 2.